The average molecular weight is 782 g/mol. The molecular formula is C35H47N3O15S. The second kappa shape index (κ2) is 18.3. The molecule has 5 atom stereocenters. The van der Waals surface area contributed by atoms with Crippen LogP contribution < -0.4 is 10.1 Å². The van der Waals surface area contributed by atoms with Crippen molar-refractivity contribution in [1.82, 2.24) is 15.1 Å². The summed E-state index contributed by atoms with van der Waals surface area (Å²) in [6.07, 6.45) is 0.383. The highest BCUT2D eigenvalue weighted by Crippen LogP contribution is 2.30. The molecule has 5 unspecified atom stereocenters. The van der Waals surface area contributed by atoms with E-state index in [-0.39, 0.29) is 45.6 Å². The van der Waals surface area contributed by atoms with Gasteiger partial charge < -0.3 is 39.4 Å². The molecule has 4 rings (SSSR count). The summed E-state index contributed by atoms with van der Waals surface area (Å²) in [6.45, 7) is 4.29. The lowest BCUT2D eigenvalue weighted by Crippen LogP contribution is -2.48. The lowest BCUT2D eigenvalue weighted by molar-refractivity contribution is -0.195. The number of carbonyl (C=O) groups is 6. The molecule has 4 N–H and O–H groups in total. The molecule has 298 valence electrons. The van der Waals surface area contributed by atoms with Gasteiger partial charge in [-0.1, -0.05) is 12.1 Å². The predicted molar refractivity (Wildman–Crippen MR) is 186 cm³/mol. The van der Waals surface area contributed by atoms with E-state index in [0.717, 1.165) is 22.6 Å². The monoisotopic (exact) mass is 781 g/mol. The van der Waals surface area contributed by atoms with Gasteiger partial charge in [0.2, 0.25) is 18.1 Å². The molecule has 0 bridgehead atoms. The Morgan fingerprint density at radius 3 is 2.39 bits per heavy atom. The molecule has 2 saturated heterocycles. The topological polar surface area (TPSA) is 253 Å². The van der Waals surface area contributed by atoms with Crippen molar-refractivity contribution in [2.45, 2.75) is 96.5 Å². The molecule has 0 aromatic heterocycles. The Bertz CT molecular complexity index is 1710. The summed E-state index contributed by atoms with van der Waals surface area (Å²) in [4.78, 5) is 76.7. The number of nitrogens with zero attached hydrogens (tertiary/aromatic N) is 2. The zero-order valence-corrected chi connectivity index (χ0v) is 31.1. The van der Waals surface area contributed by atoms with Crippen LogP contribution in [0.2, 0.25) is 0 Å². The van der Waals surface area contributed by atoms with Crippen LogP contribution in [0.25, 0.3) is 0 Å². The number of carboxylic acids is 1. The van der Waals surface area contributed by atoms with Gasteiger partial charge in [-0.2, -0.15) is 8.42 Å². The number of aliphatic hydroxyl groups excluding tert-OH is 1. The van der Waals surface area contributed by atoms with Gasteiger partial charge in [0.25, 0.3) is 21.9 Å². The highest BCUT2D eigenvalue weighted by atomic mass is 32.2. The quantitative estimate of drug-likeness (QED) is 0.0679. The number of unbranched alkanes of at least 4 members (excludes halogenated alkanes) is 1. The largest absolute Gasteiger partial charge is 0.479 e. The first-order valence-electron chi connectivity index (χ1n) is 17.5. The van der Waals surface area contributed by atoms with Gasteiger partial charge >= 0.3 is 11.9 Å². The number of aliphatic carboxylic acids is 1. The van der Waals surface area contributed by atoms with Crippen LogP contribution in [-0.2, 0) is 66.1 Å². The predicted octanol–water partition coefficient (Wildman–Crippen LogP) is 0.343. The molecule has 2 fully saturated rings. The summed E-state index contributed by atoms with van der Waals surface area (Å²) in [5.41, 5.74) is 0.582. The summed E-state index contributed by atoms with van der Waals surface area (Å²) in [6, 6.07) is 3.34. The van der Waals surface area contributed by atoms with Gasteiger partial charge in [0, 0.05) is 43.5 Å². The minimum atomic E-state index is -4.29. The van der Waals surface area contributed by atoms with Crippen molar-refractivity contribution < 1.29 is 70.9 Å². The number of hydrogen-bond donors (Lipinski definition) is 4. The molecule has 0 saturated carbocycles. The number of ether oxygens (including phenoxy) is 4. The minimum absolute atomic E-state index is 0.0335. The van der Waals surface area contributed by atoms with Gasteiger partial charge in [-0.15, -0.1) is 0 Å². The lowest BCUT2D eigenvalue weighted by atomic mass is 9.97. The third-order valence-electron chi connectivity index (χ3n) is 8.89. The van der Waals surface area contributed by atoms with E-state index in [1.807, 2.05) is 6.07 Å². The normalized spacial score (nSPS) is 23.2. The van der Waals surface area contributed by atoms with Crippen molar-refractivity contribution in [2.24, 2.45) is 5.41 Å². The Labute approximate surface area is 312 Å². The maximum absolute atomic E-state index is 13.3. The number of aryl methyl sites for hydroxylation is 1. The maximum Gasteiger partial charge on any atom is 0.333 e. The first-order valence-corrected chi connectivity index (χ1v) is 19.1. The van der Waals surface area contributed by atoms with Crippen molar-refractivity contribution >= 4 is 45.7 Å². The van der Waals surface area contributed by atoms with E-state index in [9.17, 15) is 47.4 Å². The van der Waals surface area contributed by atoms with Gasteiger partial charge in [0.05, 0.1) is 43.1 Å². The van der Waals surface area contributed by atoms with Gasteiger partial charge in [-0.05, 0) is 51.7 Å². The van der Waals surface area contributed by atoms with Crippen molar-refractivity contribution in [3.8, 4) is 5.75 Å². The van der Waals surface area contributed by atoms with Crippen molar-refractivity contribution in [3.63, 3.8) is 0 Å². The van der Waals surface area contributed by atoms with Crippen molar-refractivity contribution in [1.29, 1.82) is 0 Å². The molecule has 1 aromatic rings. The van der Waals surface area contributed by atoms with E-state index < -0.39 is 94.0 Å². The Balaban J connectivity index is 1.33. The molecule has 4 amide bonds. The van der Waals surface area contributed by atoms with Crippen LogP contribution in [0, 0.1) is 5.41 Å². The molecular weight excluding hydrogens is 734 g/mol. The van der Waals surface area contributed by atoms with Crippen molar-refractivity contribution in [3.05, 3.63) is 41.5 Å². The van der Waals surface area contributed by atoms with Gasteiger partial charge in [-0.3, -0.25) is 33.4 Å². The van der Waals surface area contributed by atoms with Gasteiger partial charge in [0.1, 0.15) is 18.4 Å². The number of carboxylic acid groups (broad SMARTS) is 1. The number of likely N-dealkylation sites (tertiary alicyclic amines) is 1. The summed E-state index contributed by atoms with van der Waals surface area (Å²) in [7, 11) is -4.29. The zero-order chi connectivity index (χ0) is 39.8. The van der Waals surface area contributed by atoms with E-state index in [1.54, 1.807) is 32.9 Å². The van der Waals surface area contributed by atoms with Crippen LogP contribution in [0.1, 0.15) is 64.0 Å². The third kappa shape index (κ3) is 12.0. The second-order valence-corrected chi connectivity index (χ2v) is 15.9. The Morgan fingerprint density at radius 2 is 1.74 bits per heavy atom. The molecule has 19 heteroatoms. The van der Waals surface area contributed by atoms with Crippen LogP contribution in [0.15, 0.2) is 30.4 Å². The second-order valence-electron chi connectivity index (χ2n) is 14.3. The number of aliphatic hydroxyl groups is 1. The number of benzene rings is 1. The molecule has 0 aliphatic carbocycles. The summed E-state index contributed by atoms with van der Waals surface area (Å²) in [5.74, 6) is -4.52. The standard InChI is InChI=1S/C35H47N3O15S/c1-35(2,3)34(46)51-19-22-8-7-21(14-26(22)52-31-17-24(39)16-27(53-31)33(44)45)6-4-5-11-36-28(40)18-37-23(20-50-12-13-54(47,48)49)15-25(32(37)43)38-29(41)9-10-30(38)42/h7-10,14,23-25,27,31,39H,4-6,11-13,15-20H2,1-3H3,(H,36,40)(H,44,45)(H,47,48,49). The Morgan fingerprint density at radius 1 is 1.04 bits per heavy atom. The molecule has 1 aromatic carbocycles. The smallest absolute Gasteiger partial charge is 0.333 e. The number of rotatable bonds is 18. The van der Waals surface area contributed by atoms with Crippen LogP contribution in [-0.4, -0.2) is 131 Å². The SMILES string of the molecule is CC(C)(C)C(=O)OCc1ccc(CCCCNC(=O)CN2C(=O)C(N3C(=O)C=CC3=O)CC2COCCS(=O)(=O)O)cc1OC1CC(O)CC(C(=O)O)O1. The molecule has 3 heterocycles. The van der Waals surface area contributed by atoms with Crippen LogP contribution >= 0.6 is 0 Å². The van der Waals surface area contributed by atoms with Crippen molar-refractivity contribution in [2.75, 3.05) is 32.1 Å². The fourth-order valence-electron chi connectivity index (χ4n) is 6.01. The number of hydrogen-bond acceptors (Lipinski definition) is 13. The third-order valence-corrected chi connectivity index (χ3v) is 9.57. The average Bonchev–Trinajstić information content (AvgIpc) is 3.56. The first kappa shape index (κ1) is 42.3. The number of imide groups is 1. The van der Waals surface area contributed by atoms with Gasteiger partial charge in [-0.25, -0.2) is 4.79 Å². The maximum atomic E-state index is 13.3. The number of nitrogens with one attached hydrogen (secondary N) is 1. The zero-order valence-electron chi connectivity index (χ0n) is 30.3. The Hall–Kier alpha value is -4.43. The molecule has 3 aliphatic heterocycles. The molecule has 3 aliphatic rings. The number of amides is 4. The van der Waals surface area contributed by atoms with E-state index in [4.69, 9.17) is 23.5 Å². The van der Waals surface area contributed by atoms with E-state index in [1.165, 1.54) is 4.90 Å². The molecule has 0 radical (unpaired) electrons. The Kier molecular flexibility index (Phi) is 14.3. The molecule has 54 heavy (non-hydrogen) atoms. The lowest BCUT2D eigenvalue weighted by Gasteiger charge is -2.31. The summed E-state index contributed by atoms with van der Waals surface area (Å²) < 4.78 is 53.4. The van der Waals surface area contributed by atoms with E-state index in [2.05, 4.69) is 5.32 Å². The fraction of sp³-hybridized carbons (Fsp3) is 0.600. The number of carbonyl (C=O) groups excluding carboxylic acids is 5. The molecule has 0 spiro atoms. The van der Waals surface area contributed by atoms with E-state index >= 15 is 0 Å². The highest BCUT2D eigenvalue weighted by Gasteiger charge is 2.47. The van der Waals surface area contributed by atoms with Gasteiger partial charge in [0.15, 0.2) is 6.10 Å². The first-order chi connectivity index (χ1) is 25.3. The minimum Gasteiger partial charge on any atom is -0.479 e. The van der Waals surface area contributed by atoms with Crippen LogP contribution in [0.3, 0.4) is 0 Å². The van der Waals surface area contributed by atoms with Crippen LogP contribution in [0.4, 0.5) is 0 Å². The van der Waals surface area contributed by atoms with Crippen LogP contribution in [0.5, 0.6) is 5.75 Å². The highest BCUT2D eigenvalue weighted by molar-refractivity contribution is 7.85. The number of esters is 1. The molecule has 18 nitrogen and oxygen atoms in total. The fourth-order valence-corrected chi connectivity index (χ4v) is 6.34. The summed E-state index contributed by atoms with van der Waals surface area (Å²) >= 11 is 0. The summed E-state index contributed by atoms with van der Waals surface area (Å²) in [5, 5.41) is 22.4. The van der Waals surface area contributed by atoms with E-state index in [0.29, 0.717) is 30.6 Å².